The van der Waals surface area contributed by atoms with Crippen molar-refractivity contribution in [3.05, 3.63) is 314 Å². The molecule has 6 aliphatic rings. The minimum Gasteiger partial charge on any atom is -0.335 e. The van der Waals surface area contributed by atoms with Gasteiger partial charge in [-0.2, -0.15) is 0 Å². The van der Waals surface area contributed by atoms with Crippen LogP contribution in [0.25, 0.3) is 11.1 Å². The molecule has 0 radical (unpaired) electrons. The molecule has 0 saturated heterocycles. The van der Waals surface area contributed by atoms with Gasteiger partial charge in [-0.05, 0) is 162 Å². The van der Waals surface area contributed by atoms with Crippen molar-refractivity contribution >= 4 is 121 Å². The Balaban J connectivity index is 0.969. The number of fused-ring (bicyclic) bond motifs is 10. The zero-order valence-corrected chi connectivity index (χ0v) is 56.4. The van der Waals surface area contributed by atoms with Crippen LogP contribution >= 0.6 is 0 Å². The van der Waals surface area contributed by atoms with E-state index in [1.54, 1.807) is 0 Å². The number of hydrogen-bond acceptors (Lipinski definition) is 3. The van der Waals surface area contributed by atoms with E-state index in [9.17, 15) is 0 Å². The van der Waals surface area contributed by atoms with Gasteiger partial charge in [0.1, 0.15) is 0 Å². The van der Waals surface area contributed by atoms with Crippen LogP contribution in [0.1, 0.15) is 90.2 Å². The van der Waals surface area contributed by atoms with Crippen molar-refractivity contribution in [2.24, 2.45) is 0 Å². The van der Waals surface area contributed by atoms with Gasteiger partial charge in [0, 0.05) is 45.0 Å². The fourth-order valence-corrected chi connectivity index (χ4v) is 29.4. The van der Waals surface area contributed by atoms with Gasteiger partial charge in [-0.15, -0.1) is 0 Å². The summed E-state index contributed by atoms with van der Waals surface area (Å²) in [5.41, 5.74) is 18.7. The topological polar surface area (TPSA) is 9.72 Å². The number of anilines is 7. The van der Waals surface area contributed by atoms with Crippen LogP contribution in [0.4, 0.5) is 39.8 Å². The molecule has 4 aliphatic heterocycles. The smallest absolute Gasteiger partial charge is 0.252 e. The highest BCUT2D eigenvalue weighted by Gasteiger charge is 2.65. The Morgan fingerprint density at radius 1 is 0.309 bits per heavy atom. The van der Waals surface area contributed by atoms with E-state index in [0.29, 0.717) is 0 Å². The maximum absolute atomic E-state index is 3.03. The fraction of sp³-hybridized carbons (Fsp3) is 0.182. The minimum atomic E-state index is -3.03. The van der Waals surface area contributed by atoms with Crippen molar-refractivity contribution < 1.29 is 0 Å². The molecule has 18 rings (SSSR count). The normalized spacial score (nSPS) is 21.2. The van der Waals surface area contributed by atoms with E-state index in [4.69, 9.17) is 0 Å². The van der Waals surface area contributed by atoms with E-state index in [-0.39, 0.29) is 28.6 Å². The average molecular weight is 1240 g/mol. The van der Waals surface area contributed by atoms with Gasteiger partial charge in [0.25, 0.3) is 6.71 Å². The third-order valence-corrected chi connectivity index (χ3v) is 34.1. The van der Waals surface area contributed by atoms with Crippen molar-refractivity contribution in [1.29, 1.82) is 0 Å². The number of benzene rings is 12. The number of nitrogens with zero attached hydrogens (tertiary/aromatic N) is 3. The largest absolute Gasteiger partial charge is 0.335 e. The second-order valence-electron chi connectivity index (χ2n) is 28.8. The first-order valence-electron chi connectivity index (χ1n) is 34.6. The third kappa shape index (κ3) is 7.84. The van der Waals surface area contributed by atoms with Crippen LogP contribution in [-0.2, 0) is 10.8 Å². The van der Waals surface area contributed by atoms with E-state index in [0.717, 1.165) is 30.6 Å². The Morgan fingerprint density at radius 3 is 1.10 bits per heavy atom. The van der Waals surface area contributed by atoms with Crippen LogP contribution in [0.3, 0.4) is 0 Å². The highest BCUT2D eigenvalue weighted by Crippen LogP contribution is 2.65. The fourth-order valence-electron chi connectivity index (χ4n) is 19.9. The summed E-state index contributed by atoms with van der Waals surface area (Å²) in [5.74, 6) is 0. The van der Waals surface area contributed by atoms with Crippen molar-refractivity contribution in [2.75, 3.05) is 14.7 Å². The van der Waals surface area contributed by atoms with Gasteiger partial charge in [0.15, 0.2) is 16.1 Å². The van der Waals surface area contributed by atoms with Crippen molar-refractivity contribution in [3.8, 4) is 11.1 Å². The molecule has 12 aromatic rings. The van der Waals surface area contributed by atoms with Crippen LogP contribution in [0.2, 0.25) is 0 Å². The number of rotatable bonds is 12. The maximum Gasteiger partial charge on any atom is 0.252 e. The molecule has 4 unspecified atom stereocenters. The first-order valence-corrected chi connectivity index (χ1v) is 38.6. The SMILES string of the molecule is CC12CCCCC1(C)N1c3cc(N(c4cccc([Si](c5ccccc5)(c5ccccc5)c5ccccc5)c4)c4cccc([Si](c5ccccc5)(c5ccccc5)c5ccccc5)c4)cc4c3B(c3cccc2c31)c1cc(-c2ccccc2)cc2c1N4C1(C)CCCCC21C. The van der Waals surface area contributed by atoms with E-state index in [1.807, 2.05) is 0 Å². The molecular formula is C88H78BN3Si2. The van der Waals surface area contributed by atoms with E-state index in [2.05, 4.69) is 346 Å². The van der Waals surface area contributed by atoms with Crippen LogP contribution in [-0.4, -0.2) is 33.9 Å². The van der Waals surface area contributed by atoms with Gasteiger partial charge in [-0.3, -0.25) is 0 Å². The first-order chi connectivity index (χ1) is 46.1. The molecule has 2 aliphatic carbocycles. The van der Waals surface area contributed by atoms with E-state index < -0.39 is 16.1 Å². The molecule has 12 aromatic carbocycles. The summed E-state index contributed by atoms with van der Waals surface area (Å²) in [5, 5.41) is 10.9. The molecule has 0 bridgehead atoms. The zero-order chi connectivity index (χ0) is 63.0. The van der Waals surface area contributed by atoms with Crippen molar-refractivity contribution in [3.63, 3.8) is 0 Å². The standard InChI is InChI=1S/C88H78BN3Si2/c1-85-53-26-28-55-87(85,3)91-80-61-67(62-81-82(80)89(78-52-32-51-76(85)83(78)91)79-58-64(63-33-12-5-13-34-63)57-77-84(79)92(81)88(4)56-29-27-54-86(77,88)2)90(65-35-30-49-74(59-65)93(68-37-14-6-15-38-68,69-39-16-7-17-40-69)70-41-18-8-19-42-70)66-36-31-50-75(60-66)94(71-43-20-9-21-44-71,72-45-22-10-23-46-72)73-47-24-11-25-48-73/h5-25,30-52,57-62H,26-29,53-56H2,1-4H3. The summed E-state index contributed by atoms with van der Waals surface area (Å²) < 4.78 is 0. The Kier molecular flexibility index (Phi) is 13.1. The lowest BCUT2D eigenvalue weighted by atomic mass is 9.33. The van der Waals surface area contributed by atoms with Crippen LogP contribution in [0, 0.1) is 0 Å². The van der Waals surface area contributed by atoms with Gasteiger partial charge in [-0.25, -0.2) is 0 Å². The Morgan fingerprint density at radius 2 is 0.670 bits per heavy atom. The monoisotopic (exact) mass is 1240 g/mol. The number of hydrogen-bond donors (Lipinski definition) is 0. The van der Waals surface area contributed by atoms with Crippen LogP contribution in [0.5, 0.6) is 0 Å². The Labute approximate surface area is 558 Å². The zero-order valence-electron chi connectivity index (χ0n) is 54.4. The van der Waals surface area contributed by atoms with Gasteiger partial charge < -0.3 is 14.7 Å². The second kappa shape index (κ2) is 21.5. The lowest BCUT2D eigenvalue weighted by molar-refractivity contribution is 0.194. The first kappa shape index (κ1) is 57.2. The average Bonchev–Trinajstić information content (AvgIpc) is 1.47. The summed E-state index contributed by atoms with van der Waals surface area (Å²) >= 11 is 0. The summed E-state index contributed by atoms with van der Waals surface area (Å²) in [6.45, 7) is 10.6. The molecule has 6 heteroatoms. The molecular weight excluding hydrogens is 1170 g/mol. The molecule has 456 valence electrons. The molecule has 94 heavy (non-hydrogen) atoms. The minimum absolute atomic E-state index is 0.0298. The molecule has 0 aromatic heterocycles. The summed E-state index contributed by atoms with van der Waals surface area (Å²) in [4.78, 5) is 8.65. The van der Waals surface area contributed by atoms with Gasteiger partial charge in [-0.1, -0.05) is 300 Å². The molecule has 4 heterocycles. The highest BCUT2D eigenvalue weighted by molar-refractivity contribution is 7.20. The second-order valence-corrected chi connectivity index (χ2v) is 36.4. The highest BCUT2D eigenvalue weighted by atomic mass is 28.3. The van der Waals surface area contributed by atoms with E-state index >= 15 is 0 Å². The maximum atomic E-state index is 2.97. The lowest BCUT2D eigenvalue weighted by Crippen LogP contribution is -2.74. The predicted octanol–water partition coefficient (Wildman–Crippen LogP) is 14.2. The predicted molar refractivity (Wildman–Crippen MR) is 404 cm³/mol. The van der Waals surface area contributed by atoms with Crippen LogP contribution < -0.4 is 72.6 Å². The van der Waals surface area contributed by atoms with E-state index in [1.165, 1.54) is 141 Å². The summed E-state index contributed by atoms with van der Waals surface area (Å²) in [6.07, 6.45) is 9.44. The third-order valence-electron chi connectivity index (χ3n) is 24.6. The number of para-hydroxylation sites is 1. The van der Waals surface area contributed by atoms with Crippen molar-refractivity contribution in [2.45, 2.75) is 101 Å². The van der Waals surface area contributed by atoms with Gasteiger partial charge >= 0.3 is 0 Å². The van der Waals surface area contributed by atoms with Gasteiger partial charge in [0.2, 0.25) is 0 Å². The van der Waals surface area contributed by atoms with Gasteiger partial charge in [0.05, 0.1) is 16.8 Å². The molecule has 0 N–H and O–H groups in total. The van der Waals surface area contributed by atoms with Crippen molar-refractivity contribution in [1.82, 2.24) is 0 Å². The molecule has 4 atom stereocenters. The summed E-state index contributed by atoms with van der Waals surface area (Å²) in [6, 6.07) is 118. The lowest BCUT2D eigenvalue weighted by Gasteiger charge is -2.55. The quantitative estimate of drug-likeness (QED) is 0.0892. The molecule has 2 saturated carbocycles. The molecule has 3 nitrogen and oxygen atoms in total. The Bertz CT molecular complexity index is 4520. The van der Waals surface area contributed by atoms with Crippen LogP contribution in [0.15, 0.2) is 303 Å². The molecule has 2 fully saturated rings. The molecule has 0 spiro atoms. The molecule has 0 amide bonds. The summed E-state index contributed by atoms with van der Waals surface area (Å²) in [7, 11) is -6.07. The Hall–Kier alpha value is -9.46.